The van der Waals surface area contributed by atoms with Crippen molar-refractivity contribution in [3.8, 4) is 5.75 Å². The van der Waals surface area contributed by atoms with E-state index in [0.717, 1.165) is 29.0 Å². The van der Waals surface area contributed by atoms with E-state index < -0.39 is 0 Å². The lowest BCUT2D eigenvalue weighted by atomic mass is 9.78. The average molecular weight is 372 g/mol. The van der Waals surface area contributed by atoms with Crippen LogP contribution in [0.15, 0.2) is 72.2 Å². The van der Waals surface area contributed by atoms with Crippen molar-refractivity contribution in [3.63, 3.8) is 0 Å². The van der Waals surface area contributed by atoms with Crippen molar-refractivity contribution in [3.05, 3.63) is 83.3 Å². The molecule has 3 aromatic rings. The van der Waals surface area contributed by atoms with Crippen molar-refractivity contribution in [1.82, 2.24) is 14.8 Å². The molecule has 5 rings (SSSR count). The van der Waals surface area contributed by atoms with Gasteiger partial charge in [-0.1, -0.05) is 42.5 Å². The summed E-state index contributed by atoms with van der Waals surface area (Å²) >= 11 is 0. The molecule has 6 heteroatoms. The molecule has 1 aliphatic heterocycles. The summed E-state index contributed by atoms with van der Waals surface area (Å²) < 4.78 is 7.07. The molecule has 2 atom stereocenters. The van der Waals surface area contributed by atoms with Gasteiger partial charge in [0.1, 0.15) is 18.1 Å². The molecule has 0 unspecified atom stereocenters. The Morgan fingerprint density at radius 3 is 2.57 bits per heavy atom. The van der Waals surface area contributed by atoms with Gasteiger partial charge in [-0.2, -0.15) is 10.1 Å². The van der Waals surface area contributed by atoms with Crippen molar-refractivity contribution in [2.45, 2.75) is 24.8 Å². The van der Waals surface area contributed by atoms with Crippen LogP contribution >= 0.6 is 0 Å². The highest BCUT2D eigenvalue weighted by molar-refractivity contribution is 6.00. The summed E-state index contributed by atoms with van der Waals surface area (Å²) in [7, 11) is 1.64. The minimum atomic E-state index is -0.274. The molecular weight excluding hydrogens is 352 g/mol. The molecule has 1 aliphatic carbocycles. The van der Waals surface area contributed by atoms with Gasteiger partial charge in [0, 0.05) is 17.7 Å². The Kier molecular flexibility index (Phi) is 3.97. The summed E-state index contributed by atoms with van der Waals surface area (Å²) in [6.07, 6.45) is 2.81. The number of benzene rings is 2. The molecule has 0 fully saturated rings. The number of ketones is 1. The lowest BCUT2D eigenvalue weighted by Crippen LogP contribution is -2.33. The second-order valence-corrected chi connectivity index (χ2v) is 7.16. The summed E-state index contributed by atoms with van der Waals surface area (Å²) in [5.41, 5.74) is 3.92. The largest absolute Gasteiger partial charge is 0.497 e. The topological polar surface area (TPSA) is 69.0 Å². The van der Waals surface area contributed by atoms with E-state index in [2.05, 4.69) is 27.5 Å². The van der Waals surface area contributed by atoms with Gasteiger partial charge in [0.2, 0.25) is 5.95 Å². The van der Waals surface area contributed by atoms with E-state index in [-0.39, 0.29) is 17.7 Å². The fraction of sp³-hybridized carbons (Fsp3) is 0.227. The summed E-state index contributed by atoms with van der Waals surface area (Å²) in [6, 6.07) is 17.8. The highest BCUT2D eigenvalue weighted by Gasteiger charge is 2.39. The van der Waals surface area contributed by atoms with E-state index >= 15 is 0 Å². The van der Waals surface area contributed by atoms with Gasteiger partial charge in [-0.05, 0) is 35.6 Å². The maximum atomic E-state index is 13.3. The number of rotatable bonds is 3. The average Bonchev–Trinajstić information content (AvgIpc) is 3.21. The first-order valence-corrected chi connectivity index (χ1v) is 9.36. The predicted octanol–water partition coefficient (Wildman–Crippen LogP) is 3.70. The second kappa shape index (κ2) is 6.64. The number of hydrogen-bond acceptors (Lipinski definition) is 5. The van der Waals surface area contributed by atoms with Crippen LogP contribution in [0.5, 0.6) is 5.75 Å². The molecule has 1 N–H and O–H groups in total. The van der Waals surface area contributed by atoms with Crippen molar-refractivity contribution >= 4 is 11.7 Å². The van der Waals surface area contributed by atoms with Crippen molar-refractivity contribution in [2.24, 2.45) is 0 Å². The van der Waals surface area contributed by atoms with E-state index in [1.807, 2.05) is 42.5 Å². The number of allylic oxidation sites excluding steroid dienone is 2. The highest BCUT2D eigenvalue weighted by Crippen LogP contribution is 2.43. The van der Waals surface area contributed by atoms with Crippen LogP contribution in [0.25, 0.3) is 0 Å². The summed E-state index contributed by atoms with van der Waals surface area (Å²) in [5, 5.41) is 7.74. The van der Waals surface area contributed by atoms with Crippen molar-refractivity contribution in [2.75, 3.05) is 12.4 Å². The smallest absolute Gasteiger partial charge is 0.226 e. The molecule has 0 saturated carbocycles. The molecule has 0 bridgehead atoms. The van der Waals surface area contributed by atoms with Gasteiger partial charge in [-0.25, -0.2) is 4.68 Å². The molecule has 140 valence electrons. The Morgan fingerprint density at radius 1 is 1.04 bits per heavy atom. The third kappa shape index (κ3) is 2.69. The Labute approximate surface area is 162 Å². The Morgan fingerprint density at radius 2 is 1.82 bits per heavy atom. The number of ether oxygens (including phenoxy) is 1. The molecule has 1 aromatic heterocycles. The number of hydrogen-bond donors (Lipinski definition) is 1. The third-order valence-electron chi connectivity index (χ3n) is 5.56. The molecule has 6 nitrogen and oxygen atoms in total. The lowest BCUT2D eigenvalue weighted by Gasteiger charge is -2.35. The number of Topliss-reactive ketones (excluding diaryl/α,β-unsaturated/α-hetero) is 1. The van der Waals surface area contributed by atoms with E-state index in [1.165, 1.54) is 11.9 Å². The number of anilines is 1. The van der Waals surface area contributed by atoms with Crippen LogP contribution in [0.1, 0.15) is 35.9 Å². The molecule has 0 saturated heterocycles. The summed E-state index contributed by atoms with van der Waals surface area (Å²) in [5.74, 6) is 1.78. The first-order chi connectivity index (χ1) is 13.7. The lowest BCUT2D eigenvalue weighted by molar-refractivity contribution is -0.116. The SMILES string of the molecule is COc1ccc([C@@H]2C3=C(C[C@H](c4ccccc4)CC3=O)Nc3ncnn32)cc1. The molecule has 0 spiro atoms. The van der Waals surface area contributed by atoms with Gasteiger partial charge in [0.25, 0.3) is 0 Å². The van der Waals surface area contributed by atoms with Gasteiger partial charge in [0.15, 0.2) is 5.78 Å². The summed E-state index contributed by atoms with van der Waals surface area (Å²) in [4.78, 5) is 17.6. The zero-order valence-electron chi connectivity index (χ0n) is 15.5. The minimum absolute atomic E-state index is 0.157. The number of nitrogens with zero attached hydrogens (tertiary/aromatic N) is 3. The molecule has 0 radical (unpaired) electrons. The summed E-state index contributed by atoms with van der Waals surface area (Å²) in [6.45, 7) is 0. The molecule has 28 heavy (non-hydrogen) atoms. The number of nitrogens with one attached hydrogen (secondary N) is 1. The van der Waals surface area contributed by atoms with E-state index in [1.54, 1.807) is 11.8 Å². The molecule has 2 aromatic carbocycles. The van der Waals surface area contributed by atoms with Crippen LogP contribution in [-0.2, 0) is 4.79 Å². The van der Waals surface area contributed by atoms with Gasteiger partial charge in [0.05, 0.1) is 7.11 Å². The monoisotopic (exact) mass is 372 g/mol. The highest BCUT2D eigenvalue weighted by atomic mass is 16.5. The van der Waals surface area contributed by atoms with Crippen LogP contribution in [-0.4, -0.2) is 27.7 Å². The Bertz CT molecular complexity index is 1050. The van der Waals surface area contributed by atoms with Crippen LogP contribution in [0.2, 0.25) is 0 Å². The standard InChI is InChI=1S/C22H20N4O2/c1-28-17-9-7-15(8-10-17)21-20-18(25-22-23-13-24-26(21)22)11-16(12-19(20)27)14-5-3-2-4-6-14/h2-10,13,16,21H,11-12H2,1H3,(H,23,24,25)/t16-,21+/m0/s1. The third-order valence-corrected chi connectivity index (χ3v) is 5.56. The quantitative estimate of drug-likeness (QED) is 0.759. The number of methoxy groups -OCH3 is 1. The number of carbonyl (C=O) groups is 1. The first kappa shape index (κ1) is 16.7. The predicted molar refractivity (Wildman–Crippen MR) is 105 cm³/mol. The fourth-order valence-electron chi connectivity index (χ4n) is 4.21. The maximum Gasteiger partial charge on any atom is 0.226 e. The molecule has 0 amide bonds. The van der Waals surface area contributed by atoms with Crippen LogP contribution in [0.3, 0.4) is 0 Å². The van der Waals surface area contributed by atoms with Gasteiger partial charge in [-0.3, -0.25) is 4.79 Å². The Balaban J connectivity index is 1.58. The number of carbonyl (C=O) groups excluding carboxylic acids is 1. The van der Waals surface area contributed by atoms with Crippen LogP contribution in [0, 0.1) is 0 Å². The molecular formula is C22H20N4O2. The van der Waals surface area contributed by atoms with Crippen LogP contribution in [0.4, 0.5) is 5.95 Å². The first-order valence-electron chi connectivity index (χ1n) is 9.36. The maximum absolute atomic E-state index is 13.3. The van der Waals surface area contributed by atoms with Crippen molar-refractivity contribution in [1.29, 1.82) is 0 Å². The zero-order chi connectivity index (χ0) is 19.1. The molecule has 2 heterocycles. The zero-order valence-corrected chi connectivity index (χ0v) is 15.5. The number of fused-ring (bicyclic) bond motifs is 1. The van der Waals surface area contributed by atoms with E-state index in [0.29, 0.717) is 12.4 Å². The van der Waals surface area contributed by atoms with E-state index in [4.69, 9.17) is 4.74 Å². The van der Waals surface area contributed by atoms with Gasteiger partial charge < -0.3 is 10.1 Å². The minimum Gasteiger partial charge on any atom is -0.497 e. The van der Waals surface area contributed by atoms with Crippen LogP contribution < -0.4 is 10.1 Å². The second-order valence-electron chi connectivity index (χ2n) is 7.16. The van der Waals surface area contributed by atoms with Crippen molar-refractivity contribution < 1.29 is 9.53 Å². The van der Waals surface area contributed by atoms with Gasteiger partial charge >= 0.3 is 0 Å². The molecule has 2 aliphatic rings. The number of aromatic nitrogens is 3. The fourth-order valence-corrected chi connectivity index (χ4v) is 4.21. The van der Waals surface area contributed by atoms with Gasteiger partial charge in [-0.15, -0.1) is 0 Å². The normalized spacial score (nSPS) is 21.0. The van der Waals surface area contributed by atoms with E-state index in [9.17, 15) is 4.79 Å². The Hall–Kier alpha value is -3.41.